The highest BCUT2D eigenvalue weighted by Gasteiger charge is 2.60. The highest BCUT2D eigenvalue weighted by molar-refractivity contribution is 5.83. The van der Waals surface area contributed by atoms with Gasteiger partial charge in [0.25, 0.3) is 17.4 Å². The molecular formula is C76H135N3O34. The Morgan fingerprint density at radius 2 is 0.770 bits per heavy atom. The number of rotatable bonds is 42. The van der Waals surface area contributed by atoms with E-state index in [0.717, 1.165) is 25.7 Å². The fourth-order valence-electron chi connectivity index (χ4n) is 13.9. The van der Waals surface area contributed by atoms with Crippen molar-refractivity contribution in [1.82, 2.24) is 16.0 Å². The van der Waals surface area contributed by atoms with E-state index in [4.69, 9.17) is 37.9 Å². The second-order valence-corrected chi connectivity index (χ2v) is 31.1. The molecule has 37 heteroatoms. The topological polar surface area (TPSA) is 604 Å². The zero-order chi connectivity index (χ0) is 87.2. The molecule has 0 bridgehead atoms. The van der Waals surface area contributed by atoms with Crippen LogP contribution in [0.25, 0.3) is 0 Å². The van der Waals surface area contributed by atoms with Crippen LogP contribution in [-0.2, 0) is 85.8 Å². The van der Waals surface area contributed by atoms with Crippen LogP contribution < -0.4 is 16.0 Å². The van der Waals surface area contributed by atoms with Crippen LogP contribution in [0, 0.1) is 35.5 Å². The molecule has 0 aromatic rings. The van der Waals surface area contributed by atoms with E-state index in [9.17, 15) is 130 Å². The summed E-state index contributed by atoms with van der Waals surface area (Å²) in [6, 6.07) is -2.13. The lowest BCUT2D eigenvalue weighted by molar-refractivity contribution is -0.327. The number of ether oxygens (including phenoxy) is 8. The molecule has 27 unspecified atom stereocenters. The number of carboxylic acids is 4. The zero-order valence-corrected chi connectivity index (χ0v) is 68.7. The Balaban J connectivity index is 0.000000755. The van der Waals surface area contributed by atoms with Crippen LogP contribution in [0.3, 0.4) is 0 Å². The van der Waals surface area contributed by atoms with E-state index in [-0.39, 0.29) is 78.8 Å². The summed E-state index contributed by atoms with van der Waals surface area (Å²) >= 11 is 0. The Hall–Kier alpha value is -5.50. The summed E-state index contributed by atoms with van der Waals surface area (Å²) in [4.78, 5) is 120. The first-order valence-electron chi connectivity index (χ1n) is 39.1. The maximum Gasteiger partial charge on any atom is 0.364 e. The minimum Gasteiger partial charge on any atom is -0.479 e. The fraction of sp³-hybridized carbons (Fsp3) is 0.868. The van der Waals surface area contributed by atoms with Crippen molar-refractivity contribution in [3.8, 4) is 0 Å². The van der Waals surface area contributed by atoms with E-state index >= 15 is 0 Å². The minimum absolute atomic E-state index is 0.0820. The number of carbonyl (C=O) groups excluding carboxylic acids is 6. The number of amides is 3. The third-order valence-corrected chi connectivity index (χ3v) is 19.7. The predicted molar refractivity (Wildman–Crippen MR) is 399 cm³/mol. The van der Waals surface area contributed by atoms with E-state index in [1.165, 1.54) is 13.8 Å². The van der Waals surface area contributed by atoms with Gasteiger partial charge >= 0.3 is 23.9 Å². The number of ketones is 3. The van der Waals surface area contributed by atoms with Crippen LogP contribution in [-0.4, -0.2) is 312 Å². The summed E-state index contributed by atoms with van der Waals surface area (Å²) in [7, 11) is 0. The molecule has 4 fully saturated rings. The first-order valence-corrected chi connectivity index (χ1v) is 39.1. The maximum atomic E-state index is 12.5. The highest BCUT2D eigenvalue weighted by atomic mass is 16.7. The van der Waals surface area contributed by atoms with Gasteiger partial charge in [0.2, 0.25) is 17.7 Å². The second-order valence-electron chi connectivity index (χ2n) is 31.1. The van der Waals surface area contributed by atoms with E-state index in [1.807, 2.05) is 27.7 Å². The zero-order valence-electron chi connectivity index (χ0n) is 68.7. The first-order chi connectivity index (χ1) is 52.4. The molecule has 4 heterocycles. The fourth-order valence-corrected chi connectivity index (χ4v) is 13.9. The number of hydrogen-bond donors (Lipinski definition) is 19. The number of hydrogen-bond acceptors (Lipinski definition) is 30. The quantitative estimate of drug-likeness (QED) is 0.0387. The van der Waals surface area contributed by atoms with E-state index in [2.05, 4.69) is 16.0 Å². The van der Waals surface area contributed by atoms with E-state index < -0.39 is 225 Å². The maximum absolute atomic E-state index is 12.5. The molecular weight excluding hydrogens is 1500 g/mol. The Labute approximate surface area is 661 Å². The lowest BCUT2D eigenvalue weighted by atomic mass is 9.78. The number of nitrogens with one attached hydrogen (secondary N) is 3. The molecule has 19 N–H and O–H groups in total. The van der Waals surface area contributed by atoms with Crippen LogP contribution in [0.2, 0.25) is 0 Å². The minimum atomic E-state index is -2.28. The molecule has 0 saturated carbocycles. The first kappa shape index (κ1) is 106. The lowest BCUT2D eigenvalue weighted by Crippen LogP contribution is -2.68. The van der Waals surface area contributed by atoms with Crippen molar-refractivity contribution in [1.29, 1.82) is 0 Å². The van der Waals surface area contributed by atoms with Gasteiger partial charge in [-0.15, -0.1) is 0 Å². The Morgan fingerprint density at radius 3 is 1.09 bits per heavy atom. The SMILES string of the molecule is CCCC(C)C(=O)CC1C(O)CC(OC(C)C)(C(=O)O)OC1C(O)C(O)CO.CCCC(C)C(=O)CC1C(O)CC(OC(C)C)(C(=O)O)OC1C(O)C(O)CO.CCCC(C)C(=O)CC1OC(C(=O)O)C(OC(C)C)C(O)C1NC(C)=O.CCCC(C)C(=O)NCC(O)C(O)C1OC(OC(C)C)(C(=O)O)CC(O)C1NC(C)=O. The monoisotopic (exact) mass is 1630 g/mol. The Morgan fingerprint density at radius 1 is 0.442 bits per heavy atom. The summed E-state index contributed by atoms with van der Waals surface area (Å²) < 4.78 is 44.2. The van der Waals surface area contributed by atoms with Gasteiger partial charge in [-0.1, -0.05) is 81.1 Å². The molecule has 4 rings (SSSR count). The van der Waals surface area contributed by atoms with Crippen molar-refractivity contribution in [2.24, 2.45) is 35.5 Å². The number of aliphatic hydroxyl groups excluding tert-OH is 12. The molecule has 27 atom stereocenters. The highest BCUT2D eigenvalue weighted by Crippen LogP contribution is 2.42. The molecule has 4 aliphatic heterocycles. The van der Waals surface area contributed by atoms with Crippen molar-refractivity contribution >= 4 is 58.9 Å². The average molecular weight is 1630 g/mol. The van der Waals surface area contributed by atoms with Crippen LogP contribution in [0.5, 0.6) is 0 Å². The summed E-state index contributed by atoms with van der Waals surface area (Å²) in [5.74, 6) is -17.1. The number of Topliss-reactive ketones (excluding diaryl/α,β-unsaturated/α-hetero) is 3. The largest absolute Gasteiger partial charge is 0.479 e. The third kappa shape index (κ3) is 32.0. The van der Waals surface area contributed by atoms with Crippen LogP contribution in [0.4, 0.5) is 0 Å². The Bertz CT molecular complexity index is 2850. The van der Waals surface area contributed by atoms with Gasteiger partial charge in [-0.3, -0.25) is 28.8 Å². The van der Waals surface area contributed by atoms with Crippen LogP contribution in [0.15, 0.2) is 0 Å². The van der Waals surface area contributed by atoms with E-state index in [1.54, 1.807) is 83.1 Å². The van der Waals surface area contributed by atoms with Gasteiger partial charge in [-0.2, -0.15) is 0 Å². The third-order valence-electron chi connectivity index (χ3n) is 19.7. The van der Waals surface area contributed by atoms with Crippen LogP contribution in [0.1, 0.15) is 215 Å². The van der Waals surface area contributed by atoms with Crippen molar-refractivity contribution in [3.63, 3.8) is 0 Å². The van der Waals surface area contributed by atoms with Gasteiger partial charge < -0.3 is 136 Å². The number of aliphatic hydroxyl groups is 12. The van der Waals surface area contributed by atoms with Gasteiger partial charge in [0.1, 0.15) is 66.2 Å². The number of carboxylic acid groups (broad SMARTS) is 4. The second kappa shape index (κ2) is 49.7. The molecule has 0 aromatic carbocycles. The molecule has 3 amide bonds. The van der Waals surface area contributed by atoms with Crippen molar-refractivity contribution in [2.45, 2.75) is 366 Å². The average Bonchev–Trinajstić information content (AvgIpc) is 0.779. The molecule has 4 aliphatic rings. The molecule has 37 nitrogen and oxygen atoms in total. The summed E-state index contributed by atoms with van der Waals surface area (Å²) in [5.41, 5.74) is 0. The van der Waals surface area contributed by atoms with Gasteiger partial charge in [-0.25, -0.2) is 19.2 Å². The molecule has 4 saturated heterocycles. The molecule has 113 heavy (non-hydrogen) atoms. The Kier molecular flexibility index (Phi) is 46.4. The van der Waals surface area contributed by atoms with Gasteiger partial charge in [-0.05, 0) is 81.1 Å². The van der Waals surface area contributed by atoms with Crippen molar-refractivity contribution in [3.05, 3.63) is 0 Å². The van der Waals surface area contributed by atoms with Crippen LogP contribution >= 0.6 is 0 Å². The van der Waals surface area contributed by atoms with Crippen molar-refractivity contribution < 1.29 is 168 Å². The summed E-state index contributed by atoms with van der Waals surface area (Å²) in [6.07, 6.45) is -21.2. The molecule has 0 spiro atoms. The van der Waals surface area contributed by atoms with Gasteiger partial charge in [0.15, 0.2) is 6.10 Å². The summed E-state index contributed by atoms with van der Waals surface area (Å²) in [5, 5.41) is 169. The number of aliphatic carboxylic acids is 4. The molecule has 0 radical (unpaired) electrons. The van der Waals surface area contributed by atoms with Gasteiger partial charge in [0.05, 0.1) is 92.4 Å². The predicted octanol–water partition coefficient (Wildman–Crippen LogP) is 0.150. The van der Waals surface area contributed by atoms with Gasteiger partial charge in [0, 0.05) is 94.4 Å². The lowest BCUT2D eigenvalue weighted by Gasteiger charge is -2.47. The molecule has 0 aliphatic carbocycles. The van der Waals surface area contributed by atoms with E-state index in [0.29, 0.717) is 25.7 Å². The molecule has 0 aromatic heterocycles. The smallest absolute Gasteiger partial charge is 0.364 e. The standard InChI is InChI=1S/C20H36N2O9.2C19H34O9.C18H31NO7/c1-6-7-11(4)18(27)21-9-14(25)16(26)17-15(22-12(5)23)13(24)8-20(31-17,19(28)29)30-10(2)3;2*1-5-6-11(4)13(21)7-12-14(22)8-19(18(25)26,27-10(2)3)28-17(12)16(24)15(23)9-20;1-6-7-10(4)12(21)8-13-14(19-11(5)20)15(22)16(25-9(2)3)17(26-13)18(23)24/h10-11,13-17,24-26H,6-9H2,1-5H3,(H,21,27)(H,22,23)(H,28,29);2*10-12,14-17,20,22-24H,5-9H2,1-4H3,(H,25,26);9-10,13-17,22H,6-8H2,1-5H3,(H,19,20)(H,23,24). The number of carbonyl (C=O) groups is 10. The van der Waals surface area contributed by atoms with Crippen molar-refractivity contribution in [2.75, 3.05) is 19.8 Å². The normalized spacial score (nSPS) is 30.5. The molecule has 658 valence electrons. The summed E-state index contributed by atoms with van der Waals surface area (Å²) in [6.45, 7) is 28.3.